The first-order chi connectivity index (χ1) is 15.4. The lowest BCUT2D eigenvalue weighted by Crippen LogP contribution is -2.27. The maximum atomic E-state index is 12.7. The number of hydrogen-bond donors (Lipinski definition) is 3. The topological polar surface area (TPSA) is 100 Å². The lowest BCUT2D eigenvalue weighted by molar-refractivity contribution is -0.117. The molecule has 0 unspecified atom stereocenters. The summed E-state index contributed by atoms with van der Waals surface area (Å²) in [5.41, 5.74) is 10.8. The highest BCUT2D eigenvalue weighted by atomic mass is 16.2. The number of nitrogen functional groups attached to an aromatic ring is 1. The van der Waals surface area contributed by atoms with Crippen LogP contribution in [-0.2, 0) is 24.8 Å². The van der Waals surface area contributed by atoms with Gasteiger partial charge in [-0.3, -0.25) is 10.2 Å². The number of aryl methyl sites for hydroxylation is 1. The van der Waals surface area contributed by atoms with E-state index in [1.165, 1.54) is 0 Å². The summed E-state index contributed by atoms with van der Waals surface area (Å²) in [4.78, 5) is 19.2. The molecule has 7 nitrogen and oxygen atoms in total. The van der Waals surface area contributed by atoms with Crippen LogP contribution in [0.4, 0.5) is 11.4 Å². The lowest BCUT2D eigenvalue weighted by Gasteiger charge is -2.17. The van der Waals surface area contributed by atoms with Gasteiger partial charge in [0.05, 0.1) is 24.0 Å². The first kappa shape index (κ1) is 21.1. The van der Waals surface area contributed by atoms with Gasteiger partial charge in [-0.2, -0.15) is 0 Å². The molecule has 0 spiro atoms. The molecule has 3 aromatic carbocycles. The molecular formula is C25H26N6O. The van der Waals surface area contributed by atoms with Gasteiger partial charge < -0.3 is 20.5 Å². The number of carbonyl (C=O) groups excluding carboxylic acids is 1. The summed E-state index contributed by atoms with van der Waals surface area (Å²) in [6.45, 7) is 0.544. The summed E-state index contributed by atoms with van der Waals surface area (Å²) < 4.78 is 2.04. The Balaban J connectivity index is 1.48. The molecule has 0 bridgehead atoms. The molecule has 162 valence electrons. The van der Waals surface area contributed by atoms with Crippen LogP contribution in [-0.4, -0.2) is 28.3 Å². The standard InChI is InChI=1S/C25H26N6O/c1-30(24(32)14-17-6-4-3-5-7-17)20-12-13-22-21(15-20)29-23(31(22)2)16-28-19-10-8-18(9-11-19)25(26)27/h3-13,15,28H,14,16H2,1-2H3,(H3,26,27). The smallest absolute Gasteiger partial charge is 0.231 e. The van der Waals surface area contributed by atoms with E-state index in [9.17, 15) is 4.79 Å². The highest BCUT2D eigenvalue weighted by molar-refractivity contribution is 5.96. The Hall–Kier alpha value is -4.13. The van der Waals surface area contributed by atoms with E-state index in [2.05, 4.69) is 5.32 Å². The van der Waals surface area contributed by atoms with Gasteiger partial charge in [0.15, 0.2) is 0 Å². The lowest BCUT2D eigenvalue weighted by atomic mass is 10.1. The molecule has 0 aliphatic rings. The number of fused-ring (bicyclic) bond motifs is 1. The van der Waals surface area contributed by atoms with Gasteiger partial charge in [-0.1, -0.05) is 30.3 Å². The van der Waals surface area contributed by atoms with E-state index < -0.39 is 0 Å². The zero-order chi connectivity index (χ0) is 22.7. The number of benzene rings is 3. The third kappa shape index (κ3) is 4.46. The van der Waals surface area contributed by atoms with Gasteiger partial charge in [-0.15, -0.1) is 0 Å². The number of carbonyl (C=O) groups is 1. The van der Waals surface area contributed by atoms with Crippen molar-refractivity contribution in [3.05, 3.63) is 89.7 Å². The van der Waals surface area contributed by atoms with Gasteiger partial charge in [0.25, 0.3) is 0 Å². The average molecular weight is 427 g/mol. The number of amidine groups is 1. The second-order valence-electron chi connectivity index (χ2n) is 7.72. The van der Waals surface area contributed by atoms with Gasteiger partial charge in [0.2, 0.25) is 5.91 Å². The number of nitrogens with two attached hydrogens (primary N) is 1. The molecule has 0 fully saturated rings. The van der Waals surface area contributed by atoms with E-state index in [1.807, 2.05) is 84.4 Å². The molecule has 7 heteroatoms. The molecule has 0 aliphatic heterocycles. The highest BCUT2D eigenvalue weighted by Gasteiger charge is 2.14. The van der Waals surface area contributed by atoms with E-state index in [0.717, 1.165) is 33.8 Å². The van der Waals surface area contributed by atoms with Gasteiger partial charge >= 0.3 is 0 Å². The molecule has 0 aliphatic carbocycles. The summed E-state index contributed by atoms with van der Waals surface area (Å²) >= 11 is 0. The zero-order valence-corrected chi connectivity index (χ0v) is 18.2. The largest absolute Gasteiger partial charge is 0.384 e. The molecule has 4 aromatic rings. The summed E-state index contributed by atoms with van der Waals surface area (Å²) in [6, 6.07) is 23.0. The number of rotatable bonds is 7. The molecule has 4 rings (SSSR count). The fraction of sp³-hybridized carbons (Fsp3) is 0.160. The number of hydrogen-bond acceptors (Lipinski definition) is 4. The quantitative estimate of drug-likeness (QED) is 0.310. The summed E-state index contributed by atoms with van der Waals surface area (Å²) in [7, 11) is 3.78. The number of aromatic nitrogens is 2. The van der Waals surface area contributed by atoms with Crippen LogP contribution in [0.1, 0.15) is 17.0 Å². The van der Waals surface area contributed by atoms with Crippen molar-refractivity contribution in [1.29, 1.82) is 5.41 Å². The number of amides is 1. The van der Waals surface area contributed by atoms with Gasteiger partial charge in [0, 0.05) is 31.0 Å². The van der Waals surface area contributed by atoms with Crippen LogP contribution < -0.4 is 16.0 Å². The van der Waals surface area contributed by atoms with Crippen molar-refractivity contribution in [2.24, 2.45) is 12.8 Å². The second kappa shape index (κ2) is 8.93. The van der Waals surface area contributed by atoms with Crippen LogP contribution in [0.25, 0.3) is 11.0 Å². The summed E-state index contributed by atoms with van der Waals surface area (Å²) in [5, 5.41) is 10.8. The molecule has 32 heavy (non-hydrogen) atoms. The molecule has 0 saturated heterocycles. The molecule has 1 aromatic heterocycles. The Labute approximate surface area is 187 Å². The van der Waals surface area contributed by atoms with Crippen molar-refractivity contribution >= 4 is 34.2 Å². The minimum atomic E-state index is 0.0300. The Morgan fingerprint density at radius 1 is 1.09 bits per heavy atom. The third-order valence-corrected chi connectivity index (χ3v) is 5.56. The minimum absolute atomic E-state index is 0.0300. The zero-order valence-electron chi connectivity index (χ0n) is 18.2. The molecule has 4 N–H and O–H groups in total. The van der Waals surface area contributed by atoms with E-state index >= 15 is 0 Å². The Morgan fingerprint density at radius 2 is 1.81 bits per heavy atom. The Bertz CT molecular complexity index is 1260. The monoisotopic (exact) mass is 426 g/mol. The maximum absolute atomic E-state index is 12.7. The van der Waals surface area contributed by atoms with E-state index in [1.54, 1.807) is 11.9 Å². The summed E-state index contributed by atoms with van der Waals surface area (Å²) in [6.07, 6.45) is 0.356. The van der Waals surface area contributed by atoms with Crippen molar-refractivity contribution in [3.8, 4) is 0 Å². The van der Waals surface area contributed by atoms with E-state index in [0.29, 0.717) is 18.5 Å². The fourth-order valence-electron chi connectivity index (χ4n) is 3.59. The molecule has 0 atom stereocenters. The number of likely N-dealkylation sites (N-methyl/N-ethyl adjacent to an activating group) is 1. The maximum Gasteiger partial charge on any atom is 0.231 e. The number of nitrogens with one attached hydrogen (secondary N) is 2. The first-order valence-electron chi connectivity index (χ1n) is 10.4. The molecule has 0 radical (unpaired) electrons. The predicted molar refractivity (Wildman–Crippen MR) is 129 cm³/mol. The highest BCUT2D eigenvalue weighted by Crippen LogP contribution is 2.23. The molecule has 1 amide bonds. The van der Waals surface area contributed by atoms with Crippen molar-refractivity contribution < 1.29 is 4.79 Å². The van der Waals surface area contributed by atoms with Gasteiger partial charge in [-0.25, -0.2) is 4.98 Å². The SMILES string of the molecule is CN(C(=O)Cc1ccccc1)c1ccc2c(c1)nc(CNc1ccc(C(=N)N)cc1)n2C. The van der Waals surface area contributed by atoms with Crippen LogP contribution in [0.2, 0.25) is 0 Å². The van der Waals surface area contributed by atoms with Crippen LogP contribution in [0, 0.1) is 5.41 Å². The predicted octanol–water partition coefficient (Wildman–Crippen LogP) is 3.67. The van der Waals surface area contributed by atoms with Crippen molar-refractivity contribution in [1.82, 2.24) is 9.55 Å². The van der Waals surface area contributed by atoms with Gasteiger partial charge in [-0.05, 0) is 48.0 Å². The van der Waals surface area contributed by atoms with Crippen molar-refractivity contribution in [2.75, 3.05) is 17.3 Å². The van der Waals surface area contributed by atoms with Crippen molar-refractivity contribution in [2.45, 2.75) is 13.0 Å². The van der Waals surface area contributed by atoms with Crippen LogP contribution in [0.5, 0.6) is 0 Å². The number of anilines is 2. The van der Waals surface area contributed by atoms with Crippen LogP contribution >= 0.6 is 0 Å². The molecule has 1 heterocycles. The Morgan fingerprint density at radius 3 is 2.50 bits per heavy atom. The summed E-state index contributed by atoms with van der Waals surface area (Å²) in [5.74, 6) is 0.961. The number of nitrogens with zero attached hydrogens (tertiary/aromatic N) is 3. The second-order valence-corrected chi connectivity index (χ2v) is 7.72. The van der Waals surface area contributed by atoms with E-state index in [-0.39, 0.29) is 11.7 Å². The van der Waals surface area contributed by atoms with E-state index in [4.69, 9.17) is 16.1 Å². The first-order valence-corrected chi connectivity index (χ1v) is 10.4. The molecular weight excluding hydrogens is 400 g/mol. The van der Waals surface area contributed by atoms with Crippen molar-refractivity contribution in [3.63, 3.8) is 0 Å². The third-order valence-electron chi connectivity index (χ3n) is 5.56. The minimum Gasteiger partial charge on any atom is -0.384 e. The molecule has 0 saturated carbocycles. The van der Waals surface area contributed by atoms with Crippen LogP contribution in [0.3, 0.4) is 0 Å². The average Bonchev–Trinajstić information content (AvgIpc) is 3.12. The fourth-order valence-corrected chi connectivity index (χ4v) is 3.59. The van der Waals surface area contributed by atoms with Gasteiger partial charge in [0.1, 0.15) is 11.7 Å². The number of imidazole rings is 1. The normalized spacial score (nSPS) is 10.8. The van der Waals surface area contributed by atoms with Crippen LogP contribution in [0.15, 0.2) is 72.8 Å². The Kier molecular flexibility index (Phi) is 5.89.